The molecule has 0 saturated carbocycles. The third-order valence-corrected chi connectivity index (χ3v) is 6.16. The predicted octanol–water partition coefficient (Wildman–Crippen LogP) is 4.20. The van der Waals surface area contributed by atoms with E-state index in [-0.39, 0.29) is 5.54 Å². The summed E-state index contributed by atoms with van der Waals surface area (Å²) in [5.41, 5.74) is 0.954. The van der Waals surface area contributed by atoms with Crippen LogP contribution in [0.1, 0.15) is 51.2 Å². The fourth-order valence-electron chi connectivity index (χ4n) is 3.20. The van der Waals surface area contributed by atoms with Gasteiger partial charge in [-0.1, -0.05) is 13.8 Å². The van der Waals surface area contributed by atoms with Gasteiger partial charge >= 0.3 is 0 Å². The zero-order valence-electron chi connectivity index (χ0n) is 11.2. The van der Waals surface area contributed by atoms with Crippen LogP contribution in [0.5, 0.6) is 0 Å². The molecule has 0 amide bonds. The SMILES string of the molecule is CCC(CC)(C(O)c1cscc1Br)N1CCCC1. The molecule has 1 aliphatic rings. The Morgan fingerprint density at radius 1 is 1.33 bits per heavy atom. The van der Waals surface area contributed by atoms with Crippen molar-refractivity contribution in [2.45, 2.75) is 51.2 Å². The van der Waals surface area contributed by atoms with E-state index >= 15 is 0 Å². The number of aliphatic hydroxyl groups excluding tert-OH is 1. The van der Waals surface area contributed by atoms with E-state index in [4.69, 9.17) is 0 Å². The topological polar surface area (TPSA) is 23.5 Å². The smallest absolute Gasteiger partial charge is 0.0992 e. The average molecular weight is 332 g/mol. The Kier molecular flexibility index (Phi) is 4.86. The second-order valence-corrected chi connectivity index (χ2v) is 6.68. The lowest BCUT2D eigenvalue weighted by molar-refractivity contribution is -0.0296. The normalized spacial score (nSPS) is 19.3. The lowest BCUT2D eigenvalue weighted by Gasteiger charge is -2.44. The molecule has 0 aromatic carbocycles. The van der Waals surface area contributed by atoms with Crippen molar-refractivity contribution in [2.24, 2.45) is 0 Å². The van der Waals surface area contributed by atoms with Gasteiger partial charge in [0.2, 0.25) is 0 Å². The summed E-state index contributed by atoms with van der Waals surface area (Å²) < 4.78 is 1.05. The molecule has 1 unspecified atom stereocenters. The first-order valence-electron chi connectivity index (χ1n) is 6.80. The molecule has 0 spiro atoms. The maximum Gasteiger partial charge on any atom is 0.0992 e. The molecule has 1 fully saturated rings. The van der Waals surface area contributed by atoms with Crippen molar-refractivity contribution in [1.29, 1.82) is 0 Å². The Morgan fingerprint density at radius 2 is 1.94 bits per heavy atom. The van der Waals surface area contributed by atoms with Crippen LogP contribution in [0.15, 0.2) is 15.2 Å². The zero-order valence-corrected chi connectivity index (χ0v) is 13.6. The summed E-state index contributed by atoms with van der Waals surface area (Å²) in [5, 5.41) is 15.0. The highest BCUT2D eigenvalue weighted by molar-refractivity contribution is 9.10. The van der Waals surface area contributed by atoms with E-state index in [2.05, 4.69) is 45.4 Å². The summed E-state index contributed by atoms with van der Waals surface area (Å²) in [7, 11) is 0. The molecular formula is C14H22BrNOS. The van der Waals surface area contributed by atoms with Gasteiger partial charge in [-0.3, -0.25) is 4.90 Å². The summed E-state index contributed by atoms with van der Waals surface area (Å²) >= 11 is 5.21. The molecule has 1 aromatic heterocycles. The van der Waals surface area contributed by atoms with Crippen molar-refractivity contribution in [1.82, 2.24) is 4.90 Å². The molecule has 4 heteroatoms. The van der Waals surface area contributed by atoms with Gasteiger partial charge in [0, 0.05) is 15.4 Å². The lowest BCUT2D eigenvalue weighted by Crippen LogP contribution is -2.51. The highest BCUT2D eigenvalue weighted by Crippen LogP contribution is 2.42. The van der Waals surface area contributed by atoms with Gasteiger partial charge in [-0.15, -0.1) is 0 Å². The summed E-state index contributed by atoms with van der Waals surface area (Å²) in [6.45, 7) is 6.65. The molecule has 0 bridgehead atoms. The molecule has 1 aliphatic heterocycles. The number of nitrogens with zero attached hydrogens (tertiary/aromatic N) is 1. The van der Waals surface area contributed by atoms with E-state index in [1.165, 1.54) is 12.8 Å². The van der Waals surface area contributed by atoms with Gasteiger partial charge in [0.15, 0.2) is 0 Å². The summed E-state index contributed by atoms with van der Waals surface area (Å²) in [4.78, 5) is 2.50. The number of rotatable bonds is 5. The third-order valence-electron chi connectivity index (χ3n) is 4.41. The van der Waals surface area contributed by atoms with E-state index in [1.807, 2.05) is 0 Å². The minimum Gasteiger partial charge on any atom is -0.386 e. The van der Waals surface area contributed by atoms with Crippen molar-refractivity contribution < 1.29 is 5.11 Å². The van der Waals surface area contributed by atoms with Gasteiger partial charge in [0.1, 0.15) is 0 Å². The quantitative estimate of drug-likeness (QED) is 0.874. The Hall–Kier alpha value is 0.1000. The highest BCUT2D eigenvalue weighted by Gasteiger charge is 2.42. The standard InChI is InChI=1S/C14H22BrNOS/c1-3-14(4-2,16-7-5-6-8-16)13(17)11-9-18-10-12(11)15/h9-10,13,17H,3-8H2,1-2H3. The predicted molar refractivity (Wildman–Crippen MR) is 81.1 cm³/mol. The third kappa shape index (κ3) is 2.40. The monoisotopic (exact) mass is 331 g/mol. The number of likely N-dealkylation sites (tertiary alicyclic amines) is 1. The molecule has 1 N–H and O–H groups in total. The van der Waals surface area contributed by atoms with Gasteiger partial charge in [0.25, 0.3) is 0 Å². The maximum absolute atomic E-state index is 10.9. The van der Waals surface area contributed by atoms with E-state index in [9.17, 15) is 5.11 Å². The van der Waals surface area contributed by atoms with Crippen LogP contribution in [0.2, 0.25) is 0 Å². The fraction of sp³-hybridized carbons (Fsp3) is 0.714. The van der Waals surface area contributed by atoms with E-state index < -0.39 is 6.10 Å². The van der Waals surface area contributed by atoms with Crippen LogP contribution in [0.3, 0.4) is 0 Å². The second kappa shape index (κ2) is 6.04. The van der Waals surface area contributed by atoms with Crippen LogP contribution < -0.4 is 0 Å². The first-order valence-corrected chi connectivity index (χ1v) is 8.54. The Morgan fingerprint density at radius 3 is 2.39 bits per heavy atom. The molecule has 1 saturated heterocycles. The van der Waals surface area contributed by atoms with E-state index in [0.29, 0.717) is 0 Å². The molecule has 2 nitrogen and oxygen atoms in total. The molecule has 0 radical (unpaired) electrons. The highest BCUT2D eigenvalue weighted by atomic mass is 79.9. The van der Waals surface area contributed by atoms with Crippen molar-refractivity contribution in [3.8, 4) is 0 Å². The molecule has 0 aliphatic carbocycles. The molecule has 1 aromatic rings. The molecule has 2 rings (SSSR count). The van der Waals surface area contributed by atoms with Gasteiger partial charge in [-0.2, -0.15) is 11.3 Å². The average Bonchev–Trinajstić information content (AvgIpc) is 3.02. The van der Waals surface area contributed by atoms with Gasteiger partial charge in [-0.05, 0) is 60.1 Å². The fourth-order valence-corrected chi connectivity index (χ4v) is 4.73. The van der Waals surface area contributed by atoms with Crippen LogP contribution in [0.4, 0.5) is 0 Å². The lowest BCUT2D eigenvalue weighted by atomic mass is 9.82. The van der Waals surface area contributed by atoms with Crippen molar-refractivity contribution >= 4 is 27.3 Å². The zero-order chi connectivity index (χ0) is 13.2. The van der Waals surface area contributed by atoms with Crippen LogP contribution >= 0.6 is 27.3 Å². The van der Waals surface area contributed by atoms with Crippen LogP contribution in [-0.4, -0.2) is 28.6 Å². The Balaban J connectivity index is 2.31. The Labute approximate surface area is 122 Å². The van der Waals surface area contributed by atoms with Gasteiger partial charge in [-0.25, -0.2) is 0 Å². The molecular weight excluding hydrogens is 310 g/mol. The number of thiophene rings is 1. The van der Waals surface area contributed by atoms with Gasteiger partial charge < -0.3 is 5.11 Å². The molecule has 2 heterocycles. The largest absolute Gasteiger partial charge is 0.386 e. The number of hydrogen-bond donors (Lipinski definition) is 1. The summed E-state index contributed by atoms with van der Waals surface area (Å²) in [6.07, 6.45) is 4.12. The van der Waals surface area contributed by atoms with Gasteiger partial charge in [0.05, 0.1) is 11.6 Å². The van der Waals surface area contributed by atoms with Crippen LogP contribution in [0, 0.1) is 0 Å². The number of hydrogen-bond acceptors (Lipinski definition) is 3. The summed E-state index contributed by atoms with van der Waals surface area (Å²) in [5.74, 6) is 0. The van der Waals surface area contributed by atoms with Crippen LogP contribution in [-0.2, 0) is 0 Å². The maximum atomic E-state index is 10.9. The first-order chi connectivity index (χ1) is 8.65. The first kappa shape index (κ1) is 14.5. The Bertz CT molecular complexity index is 383. The van der Waals surface area contributed by atoms with E-state index in [1.54, 1.807) is 11.3 Å². The van der Waals surface area contributed by atoms with E-state index in [0.717, 1.165) is 36.0 Å². The molecule has 102 valence electrons. The van der Waals surface area contributed by atoms with Crippen LogP contribution in [0.25, 0.3) is 0 Å². The second-order valence-electron chi connectivity index (χ2n) is 5.08. The minimum absolute atomic E-state index is 0.0971. The minimum atomic E-state index is -0.397. The number of halogens is 1. The molecule has 18 heavy (non-hydrogen) atoms. The van der Waals surface area contributed by atoms with Crippen molar-refractivity contribution in [3.63, 3.8) is 0 Å². The summed E-state index contributed by atoms with van der Waals surface area (Å²) in [6, 6.07) is 0. The van der Waals surface area contributed by atoms with Crippen molar-refractivity contribution in [3.05, 3.63) is 20.8 Å². The number of aliphatic hydroxyl groups is 1. The van der Waals surface area contributed by atoms with Crippen molar-refractivity contribution in [2.75, 3.05) is 13.1 Å². The molecule has 1 atom stereocenters.